The summed E-state index contributed by atoms with van der Waals surface area (Å²) in [4.78, 5) is 3.35. The minimum Gasteiger partial charge on any atom is -0.497 e. The van der Waals surface area contributed by atoms with Gasteiger partial charge in [-0.3, -0.25) is 0 Å². The van der Waals surface area contributed by atoms with Gasteiger partial charge in [0.05, 0.1) is 19.2 Å². The topological polar surface area (TPSA) is 34.2 Å². The Kier molecular flexibility index (Phi) is 4.07. The largest absolute Gasteiger partial charge is 0.497 e. The van der Waals surface area contributed by atoms with Crippen LogP contribution in [0.1, 0.15) is 11.3 Å². The fraction of sp³-hybridized carbons (Fsp3) is 0.111. The number of aromatic nitrogens is 1. The summed E-state index contributed by atoms with van der Waals surface area (Å²) in [7, 11) is 3.28. The molecule has 0 bridgehead atoms. The smallest absolute Gasteiger partial charge is 0.138 e. The Hall–Kier alpha value is -2.39. The molecule has 1 N–H and O–H groups in total. The maximum absolute atomic E-state index is 6.29. The van der Waals surface area contributed by atoms with Crippen LogP contribution in [0.15, 0.2) is 42.5 Å². The average molecular weight is 314 g/mol. The van der Waals surface area contributed by atoms with E-state index in [0.29, 0.717) is 10.8 Å². The summed E-state index contributed by atoms with van der Waals surface area (Å²) >= 11 is 6.29. The zero-order valence-electron chi connectivity index (χ0n) is 12.4. The van der Waals surface area contributed by atoms with Crippen LogP contribution in [0.3, 0.4) is 0 Å². The lowest BCUT2D eigenvalue weighted by Gasteiger charge is -2.04. The minimum atomic E-state index is 0.610. The van der Waals surface area contributed by atoms with Crippen LogP contribution in [0.4, 0.5) is 0 Å². The highest BCUT2D eigenvalue weighted by Crippen LogP contribution is 2.29. The van der Waals surface area contributed by atoms with Crippen molar-refractivity contribution in [1.29, 1.82) is 0 Å². The summed E-state index contributed by atoms with van der Waals surface area (Å²) in [5, 5.41) is 1.72. The van der Waals surface area contributed by atoms with E-state index in [9.17, 15) is 0 Å². The number of hydrogen-bond acceptors (Lipinski definition) is 2. The third kappa shape index (κ3) is 2.81. The molecule has 112 valence electrons. The molecular formula is C18H16ClNO2. The maximum atomic E-state index is 6.29. The highest BCUT2D eigenvalue weighted by molar-refractivity contribution is 6.33. The lowest BCUT2D eigenvalue weighted by Crippen LogP contribution is -1.85. The number of halogens is 1. The van der Waals surface area contributed by atoms with Crippen molar-refractivity contribution >= 4 is 34.7 Å². The zero-order chi connectivity index (χ0) is 15.5. The molecule has 0 aliphatic carbocycles. The van der Waals surface area contributed by atoms with Crippen LogP contribution in [0, 0.1) is 0 Å². The number of hydrogen-bond donors (Lipinski definition) is 1. The molecule has 0 aliphatic rings. The van der Waals surface area contributed by atoms with Crippen LogP contribution >= 0.6 is 11.6 Å². The van der Waals surface area contributed by atoms with Gasteiger partial charge in [0.1, 0.15) is 11.5 Å². The SMILES string of the molecule is COc1ccc2[nH]c(/C=C/c3cccc(OC)c3Cl)cc2c1. The number of rotatable bonds is 4. The van der Waals surface area contributed by atoms with Gasteiger partial charge >= 0.3 is 0 Å². The Morgan fingerprint density at radius 2 is 1.86 bits per heavy atom. The maximum Gasteiger partial charge on any atom is 0.138 e. The van der Waals surface area contributed by atoms with Crippen molar-refractivity contribution in [1.82, 2.24) is 4.98 Å². The van der Waals surface area contributed by atoms with Gasteiger partial charge in [-0.2, -0.15) is 0 Å². The molecule has 1 aromatic heterocycles. The second kappa shape index (κ2) is 6.16. The van der Waals surface area contributed by atoms with E-state index in [1.807, 2.05) is 48.6 Å². The first-order valence-corrected chi connectivity index (χ1v) is 7.26. The molecule has 3 nitrogen and oxygen atoms in total. The number of aromatic amines is 1. The summed E-state index contributed by atoms with van der Waals surface area (Å²) in [6.07, 6.45) is 3.96. The molecule has 0 atom stereocenters. The molecule has 0 spiro atoms. The van der Waals surface area contributed by atoms with Crippen LogP contribution in [-0.4, -0.2) is 19.2 Å². The normalized spacial score (nSPS) is 11.2. The van der Waals surface area contributed by atoms with Gasteiger partial charge in [-0.05, 0) is 42.0 Å². The molecule has 0 aliphatic heterocycles. The number of nitrogens with one attached hydrogen (secondary N) is 1. The third-order valence-corrected chi connectivity index (χ3v) is 3.91. The van der Waals surface area contributed by atoms with Crippen LogP contribution < -0.4 is 9.47 Å². The van der Waals surface area contributed by atoms with E-state index in [1.54, 1.807) is 14.2 Å². The van der Waals surface area contributed by atoms with Gasteiger partial charge in [0.15, 0.2) is 0 Å². The first-order valence-electron chi connectivity index (χ1n) is 6.88. The number of methoxy groups -OCH3 is 2. The number of H-pyrrole nitrogens is 1. The molecule has 3 aromatic rings. The summed E-state index contributed by atoms with van der Waals surface area (Å²) in [6, 6.07) is 13.7. The molecule has 1 heterocycles. The first-order chi connectivity index (χ1) is 10.7. The van der Waals surface area contributed by atoms with Crippen LogP contribution in [0.5, 0.6) is 11.5 Å². The van der Waals surface area contributed by atoms with Crippen molar-refractivity contribution < 1.29 is 9.47 Å². The van der Waals surface area contributed by atoms with E-state index < -0.39 is 0 Å². The number of fused-ring (bicyclic) bond motifs is 1. The Morgan fingerprint density at radius 1 is 1.00 bits per heavy atom. The van der Waals surface area contributed by atoms with Crippen LogP contribution in [-0.2, 0) is 0 Å². The molecule has 0 radical (unpaired) electrons. The van der Waals surface area contributed by atoms with E-state index in [2.05, 4.69) is 11.1 Å². The molecule has 0 unspecified atom stereocenters. The van der Waals surface area contributed by atoms with Crippen molar-refractivity contribution in [2.45, 2.75) is 0 Å². The van der Waals surface area contributed by atoms with Gasteiger partial charge in [-0.25, -0.2) is 0 Å². The highest BCUT2D eigenvalue weighted by atomic mass is 35.5. The first kappa shape index (κ1) is 14.5. The summed E-state index contributed by atoms with van der Waals surface area (Å²) in [5.41, 5.74) is 2.98. The van der Waals surface area contributed by atoms with Crippen molar-refractivity contribution in [3.8, 4) is 11.5 Å². The number of ether oxygens (including phenoxy) is 2. The molecular weight excluding hydrogens is 298 g/mol. The molecule has 0 fully saturated rings. The third-order valence-electron chi connectivity index (χ3n) is 3.50. The standard InChI is InChI=1S/C18H16ClNO2/c1-21-15-8-9-16-13(11-15)10-14(20-16)7-6-12-4-3-5-17(22-2)18(12)19/h3-11,20H,1-2H3/b7-6+. The summed E-state index contributed by atoms with van der Waals surface area (Å²) < 4.78 is 10.5. The highest BCUT2D eigenvalue weighted by Gasteiger charge is 2.04. The predicted octanol–water partition coefficient (Wildman–Crippen LogP) is 5.01. The van der Waals surface area contributed by atoms with E-state index in [4.69, 9.17) is 21.1 Å². The fourth-order valence-corrected chi connectivity index (χ4v) is 2.61. The molecule has 0 saturated heterocycles. The second-order valence-corrected chi connectivity index (χ2v) is 5.25. The molecule has 2 aromatic carbocycles. The quantitative estimate of drug-likeness (QED) is 0.734. The average Bonchev–Trinajstić information content (AvgIpc) is 2.95. The molecule has 0 saturated carbocycles. The predicted molar refractivity (Wildman–Crippen MR) is 91.8 cm³/mol. The van der Waals surface area contributed by atoms with Crippen molar-refractivity contribution in [3.63, 3.8) is 0 Å². The van der Waals surface area contributed by atoms with Crippen LogP contribution in [0.25, 0.3) is 23.1 Å². The summed E-state index contributed by atoms with van der Waals surface area (Å²) in [5.74, 6) is 1.52. The molecule has 3 rings (SSSR count). The van der Waals surface area contributed by atoms with Gasteiger partial charge in [0, 0.05) is 16.6 Å². The lowest BCUT2D eigenvalue weighted by molar-refractivity contribution is 0.415. The van der Waals surface area contributed by atoms with E-state index in [-0.39, 0.29) is 0 Å². The van der Waals surface area contributed by atoms with E-state index in [1.165, 1.54) is 0 Å². The molecule has 0 amide bonds. The van der Waals surface area contributed by atoms with E-state index >= 15 is 0 Å². The fourth-order valence-electron chi connectivity index (χ4n) is 2.34. The van der Waals surface area contributed by atoms with Gasteiger partial charge in [-0.15, -0.1) is 0 Å². The lowest BCUT2D eigenvalue weighted by atomic mass is 10.2. The van der Waals surface area contributed by atoms with Gasteiger partial charge in [0.25, 0.3) is 0 Å². The van der Waals surface area contributed by atoms with Gasteiger partial charge in [-0.1, -0.05) is 29.8 Å². The van der Waals surface area contributed by atoms with Gasteiger partial charge in [0.2, 0.25) is 0 Å². The Labute approximate surface area is 134 Å². The van der Waals surface area contributed by atoms with Crippen LogP contribution in [0.2, 0.25) is 5.02 Å². The monoisotopic (exact) mass is 313 g/mol. The zero-order valence-corrected chi connectivity index (χ0v) is 13.1. The molecule has 22 heavy (non-hydrogen) atoms. The van der Waals surface area contributed by atoms with E-state index in [0.717, 1.165) is 27.9 Å². The molecule has 4 heteroatoms. The summed E-state index contributed by atoms with van der Waals surface area (Å²) in [6.45, 7) is 0. The van der Waals surface area contributed by atoms with Crippen molar-refractivity contribution in [2.75, 3.05) is 14.2 Å². The minimum absolute atomic E-state index is 0.610. The Balaban J connectivity index is 1.92. The number of benzene rings is 2. The Bertz CT molecular complexity index is 836. The van der Waals surface area contributed by atoms with Crippen molar-refractivity contribution in [3.05, 3.63) is 58.7 Å². The van der Waals surface area contributed by atoms with Crippen molar-refractivity contribution in [2.24, 2.45) is 0 Å². The Morgan fingerprint density at radius 3 is 2.64 bits per heavy atom. The van der Waals surface area contributed by atoms with Gasteiger partial charge < -0.3 is 14.5 Å². The second-order valence-electron chi connectivity index (χ2n) is 4.87.